The topological polar surface area (TPSA) is 89.0 Å². The minimum Gasteiger partial charge on any atom is -0.507 e. The first kappa shape index (κ1) is 22.8. The Bertz CT molecular complexity index is 1580. The fourth-order valence-corrected chi connectivity index (χ4v) is 5.72. The van der Waals surface area contributed by atoms with Crippen molar-refractivity contribution in [3.05, 3.63) is 87.4 Å². The first-order valence-electron chi connectivity index (χ1n) is 10.9. The van der Waals surface area contributed by atoms with E-state index in [1.54, 1.807) is 60.7 Å². The number of benzene rings is 3. The molecule has 4 aromatic rings. The number of anilines is 1. The van der Waals surface area contributed by atoms with E-state index in [-0.39, 0.29) is 11.3 Å². The molecule has 1 aromatic heterocycles. The van der Waals surface area contributed by atoms with Gasteiger partial charge in [0.1, 0.15) is 19.0 Å². The summed E-state index contributed by atoms with van der Waals surface area (Å²) in [5.74, 6) is -0.943. The number of hydrogen-bond acceptors (Lipinski definition) is 7. The van der Waals surface area contributed by atoms with Gasteiger partial charge in [-0.05, 0) is 54.1 Å². The van der Waals surface area contributed by atoms with Crippen LogP contribution in [0.4, 0.5) is 5.13 Å². The number of carbonyl (C=O) groups excluding carboxylic acids is 2. The van der Waals surface area contributed by atoms with Crippen LogP contribution in [-0.2, 0) is 9.59 Å². The standard InChI is InChI=1S/C26H16Cl2N2O5S/c27-15-4-1-13(2-5-15)22-21(23(31)14-3-8-18-19(11-14)35-10-9-34-18)24(32)25(33)30(22)26-29-17-7-6-16(28)12-20(17)36-26/h1-8,11-12,22,31H,9-10H2. The van der Waals surface area contributed by atoms with E-state index in [0.29, 0.717) is 56.5 Å². The molecule has 10 heteroatoms. The number of nitrogens with zero attached hydrogens (tertiary/aromatic N) is 2. The zero-order valence-corrected chi connectivity index (χ0v) is 20.7. The maximum atomic E-state index is 13.4. The number of rotatable bonds is 3. The Morgan fingerprint density at radius 3 is 2.44 bits per heavy atom. The normalized spacial score (nSPS) is 18.7. The molecule has 0 bridgehead atoms. The van der Waals surface area contributed by atoms with Gasteiger partial charge in [0.15, 0.2) is 16.6 Å². The van der Waals surface area contributed by atoms with E-state index in [1.165, 1.54) is 16.2 Å². The lowest BCUT2D eigenvalue weighted by Gasteiger charge is -2.23. The van der Waals surface area contributed by atoms with E-state index in [2.05, 4.69) is 4.98 Å². The molecule has 2 aliphatic heterocycles. The second-order valence-corrected chi connectivity index (χ2v) is 10.1. The molecule has 2 aliphatic rings. The highest BCUT2D eigenvalue weighted by molar-refractivity contribution is 7.22. The van der Waals surface area contributed by atoms with Gasteiger partial charge in [-0.3, -0.25) is 14.5 Å². The smallest absolute Gasteiger partial charge is 0.301 e. The molecule has 1 saturated heterocycles. The van der Waals surface area contributed by atoms with E-state index in [9.17, 15) is 14.7 Å². The van der Waals surface area contributed by atoms with E-state index >= 15 is 0 Å². The summed E-state index contributed by atoms with van der Waals surface area (Å²) in [6.07, 6.45) is 0. The fraction of sp³-hybridized carbons (Fsp3) is 0.115. The highest BCUT2D eigenvalue weighted by atomic mass is 35.5. The van der Waals surface area contributed by atoms with Crippen molar-refractivity contribution in [3.63, 3.8) is 0 Å². The van der Waals surface area contributed by atoms with Crippen LogP contribution in [-0.4, -0.2) is 35.0 Å². The lowest BCUT2D eigenvalue weighted by molar-refractivity contribution is -0.132. The number of Topliss-reactive ketones (excluding diaryl/α,β-unsaturated/α-hetero) is 1. The van der Waals surface area contributed by atoms with Gasteiger partial charge in [-0.15, -0.1) is 0 Å². The van der Waals surface area contributed by atoms with Gasteiger partial charge in [0.2, 0.25) is 0 Å². The zero-order chi connectivity index (χ0) is 25.0. The van der Waals surface area contributed by atoms with Gasteiger partial charge in [0.05, 0.1) is 21.8 Å². The van der Waals surface area contributed by atoms with Gasteiger partial charge in [0, 0.05) is 15.6 Å². The molecule has 1 atom stereocenters. The van der Waals surface area contributed by atoms with Crippen LogP contribution in [0, 0.1) is 0 Å². The molecular weight excluding hydrogens is 523 g/mol. The van der Waals surface area contributed by atoms with Gasteiger partial charge in [-0.2, -0.15) is 0 Å². The van der Waals surface area contributed by atoms with Crippen molar-refractivity contribution in [2.75, 3.05) is 18.1 Å². The molecule has 0 spiro atoms. The van der Waals surface area contributed by atoms with Crippen LogP contribution < -0.4 is 14.4 Å². The van der Waals surface area contributed by atoms with Gasteiger partial charge >= 0.3 is 5.91 Å². The van der Waals surface area contributed by atoms with Crippen LogP contribution in [0.5, 0.6) is 11.5 Å². The van der Waals surface area contributed by atoms with E-state index in [0.717, 1.165) is 4.70 Å². The van der Waals surface area contributed by atoms with Crippen LogP contribution >= 0.6 is 34.5 Å². The van der Waals surface area contributed by atoms with E-state index in [1.807, 2.05) is 0 Å². The summed E-state index contributed by atoms with van der Waals surface area (Å²) in [4.78, 5) is 32.7. The average Bonchev–Trinajstić information content (AvgIpc) is 3.41. The molecule has 0 saturated carbocycles. The molecule has 36 heavy (non-hydrogen) atoms. The summed E-state index contributed by atoms with van der Waals surface area (Å²) in [5.41, 5.74) is 1.50. The number of aliphatic hydroxyl groups excluding tert-OH is 1. The predicted molar refractivity (Wildman–Crippen MR) is 138 cm³/mol. The fourth-order valence-electron chi connectivity index (χ4n) is 4.33. The van der Waals surface area contributed by atoms with Crippen molar-refractivity contribution in [1.29, 1.82) is 0 Å². The summed E-state index contributed by atoms with van der Waals surface area (Å²) in [6.45, 7) is 0.793. The Hall–Kier alpha value is -3.59. The Balaban J connectivity index is 1.54. The number of hydrogen-bond donors (Lipinski definition) is 1. The summed E-state index contributed by atoms with van der Waals surface area (Å²) in [6, 6.07) is 15.9. The number of ether oxygens (including phenoxy) is 2. The predicted octanol–water partition coefficient (Wildman–Crippen LogP) is 6.00. The summed E-state index contributed by atoms with van der Waals surface area (Å²) >= 11 is 13.5. The number of ketones is 1. The third-order valence-corrected chi connectivity index (χ3v) is 7.50. The molecule has 1 N–H and O–H groups in total. The van der Waals surface area contributed by atoms with Crippen LogP contribution in [0.1, 0.15) is 17.2 Å². The molecule has 1 fully saturated rings. The first-order valence-corrected chi connectivity index (χ1v) is 12.5. The maximum Gasteiger partial charge on any atom is 0.301 e. The lowest BCUT2D eigenvalue weighted by Crippen LogP contribution is -2.29. The van der Waals surface area contributed by atoms with Crippen molar-refractivity contribution < 1.29 is 24.2 Å². The van der Waals surface area contributed by atoms with E-state index in [4.69, 9.17) is 32.7 Å². The highest BCUT2D eigenvalue weighted by Gasteiger charge is 2.48. The minimum atomic E-state index is -0.925. The monoisotopic (exact) mass is 538 g/mol. The number of aromatic nitrogens is 1. The molecule has 3 aromatic carbocycles. The van der Waals surface area contributed by atoms with Crippen LogP contribution in [0.15, 0.2) is 66.2 Å². The van der Waals surface area contributed by atoms with Crippen molar-refractivity contribution in [2.24, 2.45) is 0 Å². The number of aliphatic hydroxyl groups is 1. The molecule has 1 unspecified atom stereocenters. The Morgan fingerprint density at radius 1 is 0.944 bits per heavy atom. The quantitative estimate of drug-likeness (QED) is 0.195. The number of amides is 1. The van der Waals surface area contributed by atoms with Crippen LogP contribution in [0.25, 0.3) is 16.0 Å². The third-order valence-electron chi connectivity index (χ3n) is 5.99. The van der Waals surface area contributed by atoms with Gasteiger partial charge in [-0.1, -0.05) is 46.7 Å². The molecule has 1 amide bonds. The van der Waals surface area contributed by atoms with Crippen LogP contribution in [0.2, 0.25) is 10.0 Å². The first-order chi connectivity index (χ1) is 17.4. The number of carbonyl (C=O) groups is 2. The Labute approximate surface area is 219 Å². The molecule has 7 nitrogen and oxygen atoms in total. The average molecular weight is 539 g/mol. The van der Waals surface area contributed by atoms with Crippen molar-refractivity contribution in [1.82, 2.24) is 4.98 Å². The van der Waals surface area contributed by atoms with Gasteiger partial charge in [-0.25, -0.2) is 4.98 Å². The zero-order valence-electron chi connectivity index (χ0n) is 18.4. The molecule has 180 valence electrons. The Kier molecular flexibility index (Phi) is 5.59. The maximum absolute atomic E-state index is 13.4. The highest BCUT2D eigenvalue weighted by Crippen LogP contribution is 2.45. The summed E-state index contributed by atoms with van der Waals surface area (Å²) in [5, 5.41) is 12.7. The second kappa shape index (κ2) is 8.81. The van der Waals surface area contributed by atoms with Crippen molar-refractivity contribution in [3.8, 4) is 11.5 Å². The molecule has 6 rings (SSSR count). The van der Waals surface area contributed by atoms with Gasteiger partial charge in [0.25, 0.3) is 5.78 Å². The minimum absolute atomic E-state index is 0.0590. The SMILES string of the molecule is O=C1C(=O)N(c2nc3ccc(Cl)cc3s2)C(c2ccc(Cl)cc2)C1=C(O)c1ccc2c(c1)OCCO2. The van der Waals surface area contributed by atoms with E-state index < -0.39 is 17.7 Å². The van der Waals surface area contributed by atoms with Crippen LogP contribution in [0.3, 0.4) is 0 Å². The largest absolute Gasteiger partial charge is 0.507 e. The molecule has 0 radical (unpaired) electrons. The Morgan fingerprint density at radius 2 is 1.67 bits per heavy atom. The second-order valence-electron chi connectivity index (χ2n) is 8.19. The molecular formula is C26H16Cl2N2O5S. The van der Waals surface area contributed by atoms with Crippen molar-refractivity contribution in [2.45, 2.75) is 6.04 Å². The third kappa shape index (κ3) is 3.78. The van der Waals surface area contributed by atoms with Crippen molar-refractivity contribution >= 4 is 67.3 Å². The number of halogens is 2. The summed E-state index contributed by atoms with van der Waals surface area (Å²) < 4.78 is 11.9. The number of thiazole rings is 1. The lowest BCUT2D eigenvalue weighted by atomic mass is 9.95. The molecule has 3 heterocycles. The summed E-state index contributed by atoms with van der Waals surface area (Å²) in [7, 11) is 0. The van der Waals surface area contributed by atoms with Gasteiger partial charge < -0.3 is 14.6 Å². The number of fused-ring (bicyclic) bond motifs is 2. The molecule has 0 aliphatic carbocycles.